The predicted molar refractivity (Wildman–Crippen MR) is 121 cm³/mol. The molecular formula is C25H29F2N5O. The second kappa shape index (κ2) is 9.09. The summed E-state index contributed by atoms with van der Waals surface area (Å²) in [5.41, 5.74) is 0.747. The predicted octanol–water partition coefficient (Wildman–Crippen LogP) is 5.26. The second-order valence-electron chi connectivity index (χ2n) is 8.93. The normalized spacial score (nSPS) is 22.4. The minimum absolute atomic E-state index is 0.159. The van der Waals surface area contributed by atoms with E-state index in [4.69, 9.17) is 4.42 Å². The SMILES string of the molecule is C=CC1(c2nnc(CN(C)C)o2)CC(CC)C(CC)c2cc(-c3c(F)cccc3F)nnc21. The Bertz CT molecular complexity index is 1140. The minimum Gasteiger partial charge on any atom is -0.422 e. The highest BCUT2D eigenvalue weighted by atomic mass is 19.1. The number of allylic oxidation sites excluding steroid dienone is 1. The van der Waals surface area contributed by atoms with Gasteiger partial charge in [0.05, 0.1) is 23.5 Å². The minimum atomic E-state index is -0.821. The van der Waals surface area contributed by atoms with Crippen molar-refractivity contribution in [2.24, 2.45) is 5.92 Å². The topological polar surface area (TPSA) is 67.9 Å². The summed E-state index contributed by atoms with van der Waals surface area (Å²) in [6.07, 6.45) is 4.27. The van der Waals surface area contributed by atoms with Crippen molar-refractivity contribution in [2.75, 3.05) is 14.1 Å². The zero-order valence-electron chi connectivity index (χ0n) is 19.5. The molecule has 3 aromatic rings. The lowest BCUT2D eigenvalue weighted by Gasteiger charge is -2.41. The van der Waals surface area contributed by atoms with Crippen molar-refractivity contribution >= 4 is 0 Å². The molecule has 0 saturated heterocycles. The van der Waals surface area contributed by atoms with Crippen LogP contribution in [0.4, 0.5) is 8.78 Å². The van der Waals surface area contributed by atoms with Crippen molar-refractivity contribution < 1.29 is 13.2 Å². The largest absolute Gasteiger partial charge is 0.422 e. The Morgan fingerprint density at radius 3 is 2.45 bits per heavy atom. The summed E-state index contributed by atoms with van der Waals surface area (Å²) < 4.78 is 35.1. The van der Waals surface area contributed by atoms with Crippen LogP contribution in [0.25, 0.3) is 11.3 Å². The van der Waals surface area contributed by atoms with Crippen molar-refractivity contribution in [3.63, 3.8) is 0 Å². The summed E-state index contributed by atoms with van der Waals surface area (Å²) >= 11 is 0. The second-order valence-corrected chi connectivity index (χ2v) is 8.93. The van der Waals surface area contributed by atoms with E-state index >= 15 is 0 Å². The maximum absolute atomic E-state index is 14.5. The third-order valence-electron chi connectivity index (χ3n) is 6.63. The highest BCUT2D eigenvalue weighted by Crippen LogP contribution is 2.51. The van der Waals surface area contributed by atoms with E-state index in [2.05, 4.69) is 40.8 Å². The summed E-state index contributed by atoms with van der Waals surface area (Å²) in [5.74, 6) is 0.0171. The van der Waals surface area contributed by atoms with Crippen LogP contribution in [0.5, 0.6) is 0 Å². The van der Waals surface area contributed by atoms with Crippen LogP contribution in [-0.4, -0.2) is 39.4 Å². The first-order valence-electron chi connectivity index (χ1n) is 11.3. The number of benzene rings is 1. The lowest BCUT2D eigenvalue weighted by molar-refractivity contribution is 0.252. The quantitative estimate of drug-likeness (QED) is 0.455. The number of rotatable bonds is 7. The third-order valence-corrected chi connectivity index (χ3v) is 6.63. The molecule has 2 heterocycles. The summed E-state index contributed by atoms with van der Waals surface area (Å²) in [5, 5.41) is 17.4. The standard InChI is InChI=1S/C25H29F2N5O/c1-6-15-13-25(8-3,24-31-29-21(33-24)14-32(4)5)23-17(16(15)7-2)12-20(28-30-23)22-18(26)10-9-11-19(22)27/h8-12,15-16H,3,6-7,13-14H2,1-2,4-5H3. The molecule has 0 radical (unpaired) electrons. The van der Waals surface area contributed by atoms with E-state index in [9.17, 15) is 8.78 Å². The molecule has 8 heteroatoms. The molecule has 0 fully saturated rings. The van der Waals surface area contributed by atoms with E-state index in [1.165, 1.54) is 18.2 Å². The summed E-state index contributed by atoms with van der Waals surface area (Å²) in [4.78, 5) is 1.95. The zero-order valence-corrected chi connectivity index (χ0v) is 19.5. The number of hydrogen-bond acceptors (Lipinski definition) is 6. The van der Waals surface area contributed by atoms with Crippen LogP contribution in [0.3, 0.4) is 0 Å². The number of fused-ring (bicyclic) bond motifs is 1. The molecule has 3 unspecified atom stereocenters. The van der Waals surface area contributed by atoms with Gasteiger partial charge in [-0.15, -0.1) is 21.9 Å². The van der Waals surface area contributed by atoms with E-state index in [0.717, 1.165) is 18.4 Å². The third kappa shape index (κ3) is 3.97. The van der Waals surface area contributed by atoms with Gasteiger partial charge < -0.3 is 9.32 Å². The van der Waals surface area contributed by atoms with Crippen LogP contribution in [0.2, 0.25) is 0 Å². The molecule has 174 valence electrons. The molecule has 1 aliphatic rings. The Balaban J connectivity index is 1.92. The van der Waals surface area contributed by atoms with Crippen molar-refractivity contribution in [1.82, 2.24) is 25.3 Å². The van der Waals surface area contributed by atoms with Gasteiger partial charge in [0.1, 0.15) is 17.0 Å². The number of halogens is 2. The van der Waals surface area contributed by atoms with Crippen LogP contribution in [0, 0.1) is 17.6 Å². The van der Waals surface area contributed by atoms with Crippen LogP contribution in [0.1, 0.15) is 62.1 Å². The highest BCUT2D eigenvalue weighted by molar-refractivity contribution is 5.62. The first kappa shape index (κ1) is 23.2. The van der Waals surface area contributed by atoms with Gasteiger partial charge in [-0.25, -0.2) is 8.78 Å². The monoisotopic (exact) mass is 453 g/mol. The molecular weight excluding hydrogens is 424 g/mol. The van der Waals surface area contributed by atoms with Gasteiger partial charge in [0.15, 0.2) is 0 Å². The van der Waals surface area contributed by atoms with Crippen LogP contribution >= 0.6 is 0 Å². The Hall–Kier alpha value is -3.00. The van der Waals surface area contributed by atoms with Crippen molar-refractivity contribution in [2.45, 2.75) is 51.0 Å². The Morgan fingerprint density at radius 1 is 1.12 bits per heavy atom. The van der Waals surface area contributed by atoms with E-state index in [1.807, 2.05) is 19.0 Å². The number of nitrogens with zero attached hydrogens (tertiary/aromatic N) is 5. The van der Waals surface area contributed by atoms with Crippen LogP contribution < -0.4 is 0 Å². The molecule has 0 spiro atoms. The number of aromatic nitrogens is 4. The average Bonchev–Trinajstić information content (AvgIpc) is 3.25. The fourth-order valence-corrected chi connectivity index (χ4v) is 5.01. The molecule has 0 bridgehead atoms. The van der Waals surface area contributed by atoms with Crippen molar-refractivity contribution in [3.05, 3.63) is 71.6 Å². The first-order valence-corrected chi connectivity index (χ1v) is 11.3. The fourth-order valence-electron chi connectivity index (χ4n) is 5.01. The molecule has 2 aromatic heterocycles. The maximum Gasteiger partial charge on any atom is 0.232 e. The molecule has 1 aliphatic carbocycles. The molecule has 33 heavy (non-hydrogen) atoms. The molecule has 1 aromatic carbocycles. The van der Waals surface area contributed by atoms with Crippen molar-refractivity contribution in [3.8, 4) is 11.3 Å². The fraction of sp³-hybridized carbons (Fsp3) is 0.440. The lowest BCUT2D eigenvalue weighted by atomic mass is 9.62. The summed E-state index contributed by atoms with van der Waals surface area (Å²) in [6.45, 7) is 8.87. The van der Waals surface area contributed by atoms with Gasteiger partial charge in [0.25, 0.3) is 0 Å². The molecule has 0 aliphatic heterocycles. The van der Waals surface area contributed by atoms with E-state index in [1.54, 1.807) is 12.1 Å². The van der Waals surface area contributed by atoms with E-state index in [-0.39, 0.29) is 23.1 Å². The molecule has 4 rings (SSSR count). The van der Waals surface area contributed by atoms with Crippen LogP contribution in [0.15, 0.2) is 41.3 Å². The molecule has 0 saturated carbocycles. The van der Waals surface area contributed by atoms with Gasteiger partial charge >= 0.3 is 0 Å². The van der Waals surface area contributed by atoms with Gasteiger partial charge in [0.2, 0.25) is 11.8 Å². The van der Waals surface area contributed by atoms with Gasteiger partial charge in [0, 0.05) is 0 Å². The van der Waals surface area contributed by atoms with Gasteiger partial charge in [-0.1, -0.05) is 32.4 Å². The Morgan fingerprint density at radius 2 is 1.85 bits per heavy atom. The highest BCUT2D eigenvalue weighted by Gasteiger charge is 2.48. The zero-order chi connectivity index (χ0) is 23.8. The van der Waals surface area contributed by atoms with Gasteiger partial charge in [-0.2, -0.15) is 5.10 Å². The molecule has 3 atom stereocenters. The van der Waals surface area contributed by atoms with Gasteiger partial charge in [-0.3, -0.25) is 0 Å². The summed E-state index contributed by atoms with van der Waals surface area (Å²) in [6, 6.07) is 5.57. The average molecular weight is 454 g/mol. The molecule has 0 N–H and O–H groups in total. The smallest absolute Gasteiger partial charge is 0.232 e. The Kier molecular flexibility index (Phi) is 6.38. The molecule has 6 nitrogen and oxygen atoms in total. The lowest BCUT2D eigenvalue weighted by Crippen LogP contribution is -2.38. The maximum atomic E-state index is 14.5. The Labute approximate surface area is 192 Å². The van der Waals surface area contributed by atoms with E-state index in [0.29, 0.717) is 30.4 Å². The molecule has 0 amide bonds. The first-order chi connectivity index (χ1) is 15.8. The summed E-state index contributed by atoms with van der Waals surface area (Å²) in [7, 11) is 3.85. The van der Waals surface area contributed by atoms with Crippen LogP contribution in [-0.2, 0) is 12.0 Å². The number of hydrogen-bond donors (Lipinski definition) is 0. The van der Waals surface area contributed by atoms with E-state index < -0.39 is 17.0 Å². The van der Waals surface area contributed by atoms with Gasteiger partial charge in [-0.05, 0) is 62.5 Å². The van der Waals surface area contributed by atoms with Crippen molar-refractivity contribution in [1.29, 1.82) is 0 Å².